The van der Waals surface area contributed by atoms with E-state index in [0.717, 1.165) is 0 Å². The molecule has 3 rings (SSSR count). The van der Waals surface area contributed by atoms with Crippen molar-refractivity contribution in [2.45, 2.75) is 71.4 Å². The van der Waals surface area contributed by atoms with Crippen LogP contribution in [0.4, 0.5) is 26.3 Å². The Morgan fingerprint density at radius 1 is 0.778 bits per heavy atom. The smallest absolute Gasteiger partial charge is 0.359 e. The van der Waals surface area contributed by atoms with E-state index in [9.17, 15) is 26.3 Å². The predicted octanol–water partition coefficient (Wildman–Crippen LogP) is 6.05. The van der Waals surface area contributed by atoms with Crippen LogP contribution < -0.4 is 0 Å². The largest absolute Gasteiger partial charge is 0.415 e. The van der Waals surface area contributed by atoms with E-state index in [-0.39, 0.29) is 0 Å². The van der Waals surface area contributed by atoms with E-state index in [2.05, 4.69) is 0 Å². The Balaban J connectivity index is 1.81. The van der Waals surface area contributed by atoms with Gasteiger partial charge in [-0.05, 0) is 23.6 Å². The maximum absolute atomic E-state index is 13.0. The average Bonchev–Trinajstić information content (AvgIpc) is 2.44. The highest BCUT2D eigenvalue weighted by atomic mass is 19.4. The van der Waals surface area contributed by atoms with Gasteiger partial charge in [-0.1, -0.05) is 45.9 Å². The Bertz CT molecular complexity index is 735. The van der Waals surface area contributed by atoms with Gasteiger partial charge in [0, 0.05) is 10.8 Å². The van der Waals surface area contributed by atoms with Crippen LogP contribution in [0.25, 0.3) is 0 Å². The number of rotatable bonds is 2. The molecular formula is C19H22F6O2. The molecule has 1 aromatic rings. The van der Waals surface area contributed by atoms with Crippen LogP contribution in [-0.4, -0.2) is 24.6 Å². The van der Waals surface area contributed by atoms with Gasteiger partial charge in [-0.25, -0.2) is 0 Å². The Labute approximate surface area is 153 Å². The van der Waals surface area contributed by atoms with Crippen LogP contribution in [0, 0.1) is 17.8 Å². The Kier molecular flexibility index (Phi) is 4.44. The van der Waals surface area contributed by atoms with Gasteiger partial charge in [0.05, 0.1) is 12.2 Å². The zero-order chi connectivity index (χ0) is 20.6. The van der Waals surface area contributed by atoms with Crippen LogP contribution in [0.2, 0.25) is 0 Å². The van der Waals surface area contributed by atoms with Gasteiger partial charge in [-0.3, -0.25) is 0 Å². The van der Waals surface area contributed by atoms with Gasteiger partial charge in [-0.2, -0.15) is 26.3 Å². The number of hydrogen-bond donors (Lipinski definition) is 0. The number of halogens is 6. The Morgan fingerprint density at radius 2 is 1.22 bits per heavy atom. The van der Waals surface area contributed by atoms with Crippen LogP contribution in [0.5, 0.6) is 0 Å². The average molecular weight is 396 g/mol. The summed E-state index contributed by atoms with van der Waals surface area (Å²) in [7, 11) is 0. The zero-order valence-electron chi connectivity index (χ0n) is 15.6. The van der Waals surface area contributed by atoms with E-state index < -0.39 is 47.6 Å². The van der Waals surface area contributed by atoms with E-state index in [1.807, 2.05) is 0 Å². The number of alkyl halides is 6. The van der Waals surface area contributed by atoms with Crippen molar-refractivity contribution in [3.63, 3.8) is 0 Å². The molecule has 4 atom stereocenters. The number of ether oxygens (including phenoxy) is 2. The predicted molar refractivity (Wildman–Crippen MR) is 86.1 cm³/mol. The summed E-state index contributed by atoms with van der Waals surface area (Å²) in [6, 6.07) is 4.92. The summed E-state index contributed by atoms with van der Waals surface area (Å²) in [6.45, 7) is 7.70. The van der Waals surface area contributed by atoms with E-state index in [4.69, 9.17) is 9.47 Å². The molecule has 2 saturated heterocycles. The first-order chi connectivity index (χ1) is 12.1. The molecule has 152 valence electrons. The fourth-order valence-corrected chi connectivity index (χ4v) is 4.24. The molecule has 2 fully saturated rings. The highest BCUT2D eigenvalue weighted by molar-refractivity contribution is 5.37. The molecule has 0 saturated carbocycles. The van der Waals surface area contributed by atoms with Crippen molar-refractivity contribution in [3.05, 3.63) is 34.9 Å². The van der Waals surface area contributed by atoms with Crippen LogP contribution in [0.15, 0.2) is 18.2 Å². The van der Waals surface area contributed by atoms with E-state index in [0.29, 0.717) is 16.7 Å². The van der Waals surface area contributed by atoms with Gasteiger partial charge in [0.25, 0.3) is 0 Å². The van der Waals surface area contributed by atoms with E-state index >= 15 is 0 Å². The molecule has 0 aliphatic carbocycles. The molecule has 0 N–H and O–H groups in total. The zero-order valence-corrected chi connectivity index (χ0v) is 15.6. The molecule has 0 radical (unpaired) electrons. The van der Waals surface area contributed by atoms with Crippen LogP contribution in [-0.2, 0) is 9.47 Å². The second-order valence-corrected chi connectivity index (χ2v) is 8.63. The van der Waals surface area contributed by atoms with Crippen molar-refractivity contribution in [1.82, 2.24) is 0 Å². The lowest BCUT2D eigenvalue weighted by molar-refractivity contribution is -0.352. The van der Waals surface area contributed by atoms with Crippen LogP contribution >= 0.6 is 0 Å². The van der Waals surface area contributed by atoms with Crippen molar-refractivity contribution < 1.29 is 35.8 Å². The molecule has 0 spiro atoms. The quantitative estimate of drug-likeness (QED) is 0.567. The molecular weight excluding hydrogens is 374 g/mol. The fourth-order valence-electron chi connectivity index (χ4n) is 4.24. The molecule has 1 aromatic carbocycles. The molecule has 8 heteroatoms. The minimum Gasteiger partial charge on any atom is -0.359 e. The minimum absolute atomic E-state index is 0.575. The number of aryl methyl sites for hydroxylation is 1. The molecule has 4 unspecified atom stereocenters. The molecule has 2 nitrogen and oxygen atoms in total. The van der Waals surface area contributed by atoms with Gasteiger partial charge >= 0.3 is 12.4 Å². The maximum Gasteiger partial charge on any atom is 0.415 e. The molecule has 0 amide bonds. The summed E-state index contributed by atoms with van der Waals surface area (Å²) in [6.07, 6.45) is -14.0. The third-order valence-corrected chi connectivity index (χ3v) is 5.72. The summed E-state index contributed by atoms with van der Waals surface area (Å²) in [4.78, 5) is 0. The summed E-state index contributed by atoms with van der Waals surface area (Å²) < 4.78 is 88.1. The first-order valence-electron chi connectivity index (χ1n) is 8.62. The van der Waals surface area contributed by atoms with Gasteiger partial charge in [-0.15, -0.1) is 0 Å². The van der Waals surface area contributed by atoms with Crippen LogP contribution in [0.3, 0.4) is 0 Å². The summed E-state index contributed by atoms with van der Waals surface area (Å²) in [5, 5.41) is 0. The second-order valence-electron chi connectivity index (χ2n) is 8.63. The van der Waals surface area contributed by atoms with Gasteiger partial charge in [0.2, 0.25) is 0 Å². The summed E-state index contributed by atoms with van der Waals surface area (Å²) in [5.74, 6) is 0. The number of hydrogen-bond acceptors (Lipinski definition) is 2. The summed E-state index contributed by atoms with van der Waals surface area (Å²) in [5.41, 5.74) is -0.404. The number of benzene rings is 1. The highest BCUT2D eigenvalue weighted by Gasteiger charge is 2.64. The van der Waals surface area contributed by atoms with Gasteiger partial charge < -0.3 is 9.47 Å². The minimum atomic E-state index is -4.44. The van der Waals surface area contributed by atoms with Gasteiger partial charge in [0.1, 0.15) is 0 Å². The van der Waals surface area contributed by atoms with Gasteiger partial charge in [0.15, 0.2) is 12.2 Å². The monoisotopic (exact) mass is 396 g/mol. The molecule has 27 heavy (non-hydrogen) atoms. The first-order valence-corrected chi connectivity index (χ1v) is 8.62. The lowest BCUT2D eigenvalue weighted by Gasteiger charge is -2.53. The fraction of sp³-hybridized carbons (Fsp3) is 0.684. The molecule has 0 bridgehead atoms. The third kappa shape index (κ3) is 3.14. The highest BCUT2D eigenvalue weighted by Crippen LogP contribution is 2.58. The lowest BCUT2D eigenvalue weighted by Crippen LogP contribution is -2.58. The SMILES string of the molecule is Cc1cc(C2OC(C(F)(F)F)C2(C)C)ccc1C1OC(C(F)(F)F)C1(C)C. The van der Waals surface area contributed by atoms with E-state index in [1.165, 1.54) is 27.7 Å². The van der Waals surface area contributed by atoms with Crippen molar-refractivity contribution >= 4 is 0 Å². The summed E-state index contributed by atoms with van der Waals surface area (Å²) >= 11 is 0. The Hall–Kier alpha value is -1.28. The van der Waals surface area contributed by atoms with Crippen molar-refractivity contribution in [2.75, 3.05) is 0 Å². The van der Waals surface area contributed by atoms with Crippen molar-refractivity contribution in [1.29, 1.82) is 0 Å². The van der Waals surface area contributed by atoms with Crippen molar-refractivity contribution in [3.8, 4) is 0 Å². The topological polar surface area (TPSA) is 18.5 Å². The molecule has 2 heterocycles. The lowest BCUT2D eigenvalue weighted by atomic mass is 9.69. The molecule has 0 aromatic heterocycles. The standard InChI is InChI=1S/C19H22F6O2/c1-9-8-10(12-16(2,3)14(26-12)18(20,21)22)6-7-11(9)13-17(4,5)15(27-13)19(23,24)25/h6-8,12-15H,1-5H3. The van der Waals surface area contributed by atoms with Crippen LogP contribution in [0.1, 0.15) is 56.6 Å². The second kappa shape index (κ2) is 5.86. The first kappa shape index (κ1) is 20.5. The van der Waals surface area contributed by atoms with Crippen molar-refractivity contribution in [2.24, 2.45) is 10.8 Å². The third-order valence-electron chi connectivity index (χ3n) is 5.72. The normalized spacial score (nSPS) is 32.6. The Morgan fingerprint density at radius 3 is 1.59 bits per heavy atom. The maximum atomic E-state index is 13.0. The van der Waals surface area contributed by atoms with E-state index in [1.54, 1.807) is 25.1 Å². The molecule has 2 aliphatic rings. The molecule has 2 aliphatic heterocycles.